The number of aromatic nitrogens is 1. The maximum absolute atomic E-state index is 5.63. The summed E-state index contributed by atoms with van der Waals surface area (Å²) in [5.41, 5.74) is 7.76. The molecule has 2 rings (SSSR count). The number of anilines is 1. The minimum Gasteiger partial charge on any atom is -0.496 e. The van der Waals surface area contributed by atoms with Crippen LogP contribution in [0.25, 0.3) is 0 Å². The summed E-state index contributed by atoms with van der Waals surface area (Å²) < 4.78 is 10.7. The number of aryl methyl sites for hydroxylation is 1. The summed E-state index contributed by atoms with van der Waals surface area (Å²) in [4.78, 5) is 5.16. The molecule has 1 aromatic carbocycles. The topological polar surface area (TPSA) is 57.4 Å². The van der Waals surface area contributed by atoms with Crippen LogP contribution in [0.1, 0.15) is 16.0 Å². The molecule has 4 nitrogen and oxygen atoms in total. The molecule has 0 amide bonds. The van der Waals surface area contributed by atoms with Gasteiger partial charge in [-0.3, -0.25) is 0 Å². The predicted molar refractivity (Wildman–Crippen MR) is 73.6 cm³/mol. The first-order chi connectivity index (χ1) is 8.63. The average molecular weight is 264 g/mol. The Labute approximate surface area is 110 Å². The van der Waals surface area contributed by atoms with Gasteiger partial charge in [0.1, 0.15) is 11.5 Å². The van der Waals surface area contributed by atoms with E-state index in [1.165, 1.54) is 11.3 Å². The fourth-order valence-corrected chi connectivity index (χ4v) is 2.55. The van der Waals surface area contributed by atoms with Gasteiger partial charge in [0.25, 0.3) is 0 Å². The van der Waals surface area contributed by atoms with E-state index in [4.69, 9.17) is 15.2 Å². The van der Waals surface area contributed by atoms with Gasteiger partial charge >= 0.3 is 0 Å². The van der Waals surface area contributed by atoms with Crippen LogP contribution < -0.4 is 15.2 Å². The monoisotopic (exact) mass is 264 g/mol. The van der Waals surface area contributed by atoms with Crippen molar-refractivity contribution in [2.24, 2.45) is 0 Å². The number of methoxy groups -OCH3 is 2. The number of hydrogen-bond acceptors (Lipinski definition) is 5. The number of hydrogen-bond donors (Lipinski definition) is 1. The molecule has 0 atom stereocenters. The third-order valence-corrected chi connectivity index (χ3v) is 3.56. The highest BCUT2D eigenvalue weighted by molar-refractivity contribution is 7.15. The fourth-order valence-electron chi connectivity index (χ4n) is 1.84. The molecule has 0 spiro atoms. The van der Waals surface area contributed by atoms with Crippen LogP contribution in [0.15, 0.2) is 18.3 Å². The maximum atomic E-state index is 5.63. The highest BCUT2D eigenvalue weighted by atomic mass is 32.1. The number of nitrogens with zero attached hydrogens (tertiary/aromatic N) is 1. The minimum atomic E-state index is 0.586. The lowest BCUT2D eigenvalue weighted by molar-refractivity contribution is 0.397. The van der Waals surface area contributed by atoms with E-state index in [0.717, 1.165) is 33.9 Å². The van der Waals surface area contributed by atoms with Crippen LogP contribution in [0.2, 0.25) is 0 Å². The van der Waals surface area contributed by atoms with E-state index in [1.54, 1.807) is 20.4 Å². The van der Waals surface area contributed by atoms with Crippen LogP contribution in [-0.2, 0) is 6.42 Å². The summed E-state index contributed by atoms with van der Waals surface area (Å²) in [5.74, 6) is 1.73. The smallest absolute Gasteiger partial charge is 0.180 e. The molecule has 0 aliphatic carbocycles. The standard InChI is InChI=1S/C13H16N2O2S/c1-8-4-12(17-3)9(6-11(8)16-2)5-10-7-15-13(14)18-10/h4,6-7H,5H2,1-3H3,(H2,14,15). The van der Waals surface area contributed by atoms with Gasteiger partial charge in [-0.25, -0.2) is 4.98 Å². The van der Waals surface area contributed by atoms with Crippen molar-refractivity contribution in [3.63, 3.8) is 0 Å². The summed E-state index contributed by atoms with van der Waals surface area (Å²) >= 11 is 1.49. The number of nitrogen functional groups attached to an aromatic ring is 1. The van der Waals surface area contributed by atoms with Gasteiger partial charge < -0.3 is 15.2 Å². The molecule has 96 valence electrons. The molecular formula is C13H16N2O2S. The lowest BCUT2D eigenvalue weighted by Gasteiger charge is -2.12. The third-order valence-electron chi connectivity index (χ3n) is 2.73. The molecule has 1 aromatic heterocycles. The lowest BCUT2D eigenvalue weighted by atomic mass is 10.1. The van der Waals surface area contributed by atoms with Gasteiger partial charge in [-0.05, 0) is 24.6 Å². The van der Waals surface area contributed by atoms with Crippen LogP contribution in [0.4, 0.5) is 5.13 Å². The Hall–Kier alpha value is -1.75. The first-order valence-corrected chi connectivity index (χ1v) is 6.37. The maximum Gasteiger partial charge on any atom is 0.180 e. The Morgan fingerprint density at radius 3 is 2.50 bits per heavy atom. The van der Waals surface area contributed by atoms with Crippen molar-refractivity contribution in [2.75, 3.05) is 20.0 Å². The number of rotatable bonds is 4. The van der Waals surface area contributed by atoms with Crippen molar-refractivity contribution in [3.05, 3.63) is 34.3 Å². The molecule has 0 unspecified atom stereocenters. The molecule has 2 aromatic rings. The van der Waals surface area contributed by atoms with Crippen molar-refractivity contribution in [3.8, 4) is 11.5 Å². The van der Waals surface area contributed by atoms with Crippen molar-refractivity contribution >= 4 is 16.5 Å². The molecule has 0 bridgehead atoms. The van der Waals surface area contributed by atoms with Crippen molar-refractivity contribution in [1.82, 2.24) is 4.98 Å². The molecule has 18 heavy (non-hydrogen) atoms. The summed E-state index contributed by atoms with van der Waals surface area (Å²) in [6, 6.07) is 3.99. The molecule has 2 N–H and O–H groups in total. The summed E-state index contributed by atoms with van der Waals surface area (Å²) in [7, 11) is 3.34. The second-order valence-corrected chi connectivity index (χ2v) is 5.12. The third kappa shape index (κ3) is 2.56. The Kier molecular flexibility index (Phi) is 3.72. The van der Waals surface area contributed by atoms with Gasteiger partial charge in [-0.1, -0.05) is 0 Å². The Morgan fingerprint density at radius 1 is 1.22 bits per heavy atom. The van der Waals surface area contributed by atoms with E-state index in [0.29, 0.717) is 5.13 Å². The van der Waals surface area contributed by atoms with E-state index >= 15 is 0 Å². The zero-order chi connectivity index (χ0) is 13.1. The fraction of sp³-hybridized carbons (Fsp3) is 0.308. The van der Waals surface area contributed by atoms with Gasteiger partial charge in [-0.15, -0.1) is 11.3 Å². The van der Waals surface area contributed by atoms with E-state index in [9.17, 15) is 0 Å². The van der Waals surface area contributed by atoms with Gasteiger partial charge in [-0.2, -0.15) is 0 Å². The minimum absolute atomic E-state index is 0.586. The van der Waals surface area contributed by atoms with Crippen LogP contribution in [0.5, 0.6) is 11.5 Å². The SMILES string of the molecule is COc1cc(Cc2cnc(N)s2)c(OC)cc1C. The largest absolute Gasteiger partial charge is 0.496 e. The van der Waals surface area contributed by atoms with E-state index < -0.39 is 0 Å². The van der Waals surface area contributed by atoms with Crippen LogP contribution >= 0.6 is 11.3 Å². The predicted octanol–water partition coefficient (Wildman–Crippen LogP) is 2.64. The zero-order valence-electron chi connectivity index (χ0n) is 10.7. The number of ether oxygens (including phenoxy) is 2. The van der Waals surface area contributed by atoms with E-state index in [2.05, 4.69) is 4.98 Å². The van der Waals surface area contributed by atoms with Crippen LogP contribution in [0.3, 0.4) is 0 Å². The molecule has 5 heteroatoms. The van der Waals surface area contributed by atoms with E-state index in [1.807, 2.05) is 19.1 Å². The average Bonchev–Trinajstić information content (AvgIpc) is 2.76. The van der Waals surface area contributed by atoms with Gasteiger partial charge in [0.05, 0.1) is 14.2 Å². The summed E-state index contributed by atoms with van der Waals surface area (Å²) in [6.07, 6.45) is 2.54. The van der Waals surface area contributed by atoms with Gasteiger partial charge in [0.15, 0.2) is 5.13 Å². The molecule has 0 radical (unpaired) electrons. The lowest BCUT2D eigenvalue weighted by Crippen LogP contribution is -1.96. The zero-order valence-corrected chi connectivity index (χ0v) is 11.5. The molecule has 1 heterocycles. The highest BCUT2D eigenvalue weighted by Gasteiger charge is 2.10. The molecule has 0 fully saturated rings. The Bertz CT molecular complexity index is 552. The first kappa shape index (κ1) is 12.7. The molecule has 0 aliphatic heterocycles. The normalized spacial score (nSPS) is 10.4. The van der Waals surface area contributed by atoms with Gasteiger partial charge in [0.2, 0.25) is 0 Å². The van der Waals surface area contributed by atoms with Crippen molar-refractivity contribution < 1.29 is 9.47 Å². The molecule has 0 saturated heterocycles. The van der Waals surface area contributed by atoms with E-state index in [-0.39, 0.29) is 0 Å². The number of benzene rings is 1. The quantitative estimate of drug-likeness (QED) is 0.922. The van der Waals surface area contributed by atoms with Crippen molar-refractivity contribution in [2.45, 2.75) is 13.3 Å². The highest BCUT2D eigenvalue weighted by Crippen LogP contribution is 2.31. The number of nitrogens with two attached hydrogens (primary N) is 1. The molecule has 0 saturated carbocycles. The van der Waals surface area contributed by atoms with Crippen LogP contribution in [-0.4, -0.2) is 19.2 Å². The Balaban J connectivity index is 2.36. The van der Waals surface area contributed by atoms with Crippen molar-refractivity contribution in [1.29, 1.82) is 0 Å². The molecular weight excluding hydrogens is 248 g/mol. The van der Waals surface area contributed by atoms with Gasteiger partial charge in [0, 0.05) is 23.1 Å². The summed E-state index contributed by atoms with van der Waals surface area (Å²) in [6.45, 7) is 2.00. The Morgan fingerprint density at radius 2 is 1.94 bits per heavy atom. The van der Waals surface area contributed by atoms with Crippen LogP contribution in [0, 0.1) is 6.92 Å². The second-order valence-electron chi connectivity index (χ2n) is 3.98. The first-order valence-electron chi connectivity index (χ1n) is 5.55. The number of thiazole rings is 1. The second kappa shape index (κ2) is 5.27. The molecule has 0 aliphatic rings. The summed E-state index contributed by atoms with van der Waals surface area (Å²) in [5, 5.41) is 0.586.